The van der Waals surface area contributed by atoms with Crippen molar-refractivity contribution in [2.24, 2.45) is 0 Å². The van der Waals surface area contributed by atoms with E-state index in [0.29, 0.717) is 109 Å². The molecule has 12 N–H and O–H groups in total. The number of allylic oxidation sites excluding steroid dienone is 6. The third-order valence-electron chi connectivity index (χ3n) is 22.0. The largest absolute Gasteiger partial charge is 0.508 e. The minimum atomic E-state index is -0.347. The van der Waals surface area contributed by atoms with E-state index in [0.717, 1.165) is 50.1 Å². The van der Waals surface area contributed by atoms with Crippen molar-refractivity contribution in [3.63, 3.8) is 0 Å². The van der Waals surface area contributed by atoms with Crippen LogP contribution in [0.15, 0.2) is 291 Å². The molecule has 12 aromatic carbocycles. The van der Waals surface area contributed by atoms with Gasteiger partial charge in [0.05, 0.1) is 81.2 Å². The Hall–Kier alpha value is -18.5. The van der Waals surface area contributed by atoms with Gasteiger partial charge in [0.1, 0.15) is 69.2 Å². The van der Waals surface area contributed by atoms with E-state index in [9.17, 15) is 109 Å². The molecule has 0 bridgehead atoms. The third kappa shape index (κ3) is 46.1. The molecule has 30 heteroatoms. The summed E-state index contributed by atoms with van der Waals surface area (Å²) in [5, 5.41) is 112. The summed E-state index contributed by atoms with van der Waals surface area (Å²) in [5.74, 6) is 0.779. The highest BCUT2D eigenvalue weighted by atomic mass is 16.5. The smallest absolute Gasteiger partial charge is 0.163 e. The molecule has 0 fully saturated rings. The van der Waals surface area contributed by atoms with Crippen LogP contribution in [0.4, 0.5) is 0 Å². The fraction of sp³-hybridized carbons (Fsp3) is 0.200. The Morgan fingerprint density at radius 2 is 0.327 bits per heavy atom. The fourth-order valence-corrected chi connectivity index (χ4v) is 13.7. The van der Waals surface area contributed by atoms with Crippen LogP contribution in [0, 0.1) is 0 Å². The van der Waals surface area contributed by atoms with Crippen LogP contribution in [-0.2, 0) is 96.1 Å². The lowest BCUT2D eigenvalue weighted by molar-refractivity contribution is -0.128. The molecule has 12 rings (SSSR count). The maximum Gasteiger partial charge on any atom is 0.163 e. The zero-order chi connectivity index (χ0) is 109. The normalized spacial score (nSPS) is 10.8. The Balaban J connectivity index is 0.000000244. The van der Waals surface area contributed by atoms with Crippen LogP contribution < -0.4 is 28.4 Å². The van der Waals surface area contributed by atoms with Crippen molar-refractivity contribution in [2.45, 2.75) is 116 Å². The zero-order valence-electron chi connectivity index (χ0n) is 83.6. The number of rotatable bonds is 48. The third-order valence-corrected chi connectivity index (χ3v) is 22.0. The van der Waals surface area contributed by atoms with E-state index in [1.165, 1.54) is 152 Å². The number of ether oxygens (including phenoxy) is 6. The summed E-state index contributed by atoms with van der Waals surface area (Å²) in [5.41, 5.74) is 9.78. The van der Waals surface area contributed by atoms with Gasteiger partial charge in [-0.3, -0.25) is 57.5 Å². The molecule has 30 nitrogen and oxygen atoms in total. The number of ketones is 12. The fourth-order valence-electron chi connectivity index (χ4n) is 13.7. The Labute approximate surface area is 868 Å². The van der Waals surface area contributed by atoms with Crippen molar-refractivity contribution < 1.29 is 147 Å². The van der Waals surface area contributed by atoms with Gasteiger partial charge in [-0.05, 0) is 287 Å². The van der Waals surface area contributed by atoms with E-state index in [1.54, 1.807) is 218 Å². The van der Waals surface area contributed by atoms with Crippen molar-refractivity contribution in [1.29, 1.82) is 0 Å². The number of benzene rings is 12. The second kappa shape index (κ2) is 63.6. The van der Waals surface area contributed by atoms with Crippen LogP contribution in [-0.4, -0.2) is 173 Å². The maximum atomic E-state index is 12.1. The summed E-state index contributed by atoms with van der Waals surface area (Å²) in [6.07, 6.45) is 21.4. The van der Waals surface area contributed by atoms with Crippen LogP contribution in [0.5, 0.6) is 103 Å². The lowest BCUT2D eigenvalue weighted by Crippen LogP contribution is -2.09. The maximum absolute atomic E-state index is 12.1. The number of carbonyl (C=O) groups excluding carboxylic acids is 12. The Morgan fingerprint density at radius 1 is 0.180 bits per heavy atom. The molecule has 0 amide bonds. The molecule has 0 aliphatic heterocycles. The van der Waals surface area contributed by atoms with Gasteiger partial charge in [-0.15, -0.1) is 0 Å². The lowest BCUT2D eigenvalue weighted by atomic mass is 10.0. The molecule has 0 unspecified atom stereocenters. The van der Waals surface area contributed by atoms with Crippen molar-refractivity contribution >= 4 is 106 Å². The first-order chi connectivity index (χ1) is 71.8. The molecular weight excluding hydrogens is 1920 g/mol. The van der Waals surface area contributed by atoms with Gasteiger partial charge in [-0.25, -0.2) is 0 Å². The molecule has 0 aliphatic carbocycles. The first-order valence-corrected chi connectivity index (χ1v) is 47.1. The quantitative estimate of drug-likeness (QED) is 0.0124. The second-order valence-electron chi connectivity index (χ2n) is 33.7. The predicted molar refractivity (Wildman–Crippen MR) is 569 cm³/mol. The Bertz CT molecular complexity index is 6480. The van der Waals surface area contributed by atoms with E-state index in [2.05, 4.69) is 0 Å². The summed E-state index contributed by atoms with van der Waals surface area (Å²) in [6.45, 7) is 0. The van der Waals surface area contributed by atoms with E-state index < -0.39 is 0 Å². The topological polar surface area (TPSA) is 503 Å². The molecule has 0 heterocycles. The summed E-state index contributed by atoms with van der Waals surface area (Å²) < 4.78 is 30.1. The van der Waals surface area contributed by atoms with Crippen LogP contribution >= 0.6 is 0 Å². The van der Waals surface area contributed by atoms with E-state index in [4.69, 9.17) is 38.6 Å². The average molecular weight is 2040 g/mol. The van der Waals surface area contributed by atoms with Gasteiger partial charge in [0.2, 0.25) is 0 Å². The molecule has 0 spiro atoms. The van der Waals surface area contributed by atoms with Crippen molar-refractivity contribution in [3.05, 3.63) is 358 Å². The minimum Gasteiger partial charge on any atom is -0.508 e. The van der Waals surface area contributed by atoms with E-state index in [1.807, 2.05) is 0 Å². The number of hydrogen-bond donors (Lipinski definition) is 12. The molecule has 780 valence electrons. The number of carbonyl (C=O) groups is 12. The number of aromatic hydroxyl groups is 12. The van der Waals surface area contributed by atoms with Gasteiger partial charge >= 0.3 is 0 Å². The SMILES string of the molecule is COc1cc(/C=C\C(=O)CC(=O)/C=C/c2ccc(O)c(OC)c2)ccc1O.COc1cc(/C=C\C(=O)CC(=O)/C=C/c2ccc(O)cc2)ccc1O.COc1cc(CCC(=O)CC(=O)CCc2ccc(O)c(OC)c2)ccc1O.COc1cc(CCC(=O)CC(=O)CCc2ccc(O)cc2)ccc1O.O=C(/C=C\c1ccc(O)cc1)CC(=O)/C=C/c1ccc(O)cc1.O=C(CCc1ccc(O)cc1)CC(=O)CCc1ccc(O)cc1. The van der Waals surface area contributed by atoms with Gasteiger partial charge in [0, 0.05) is 38.5 Å². The van der Waals surface area contributed by atoms with Gasteiger partial charge in [0.25, 0.3) is 0 Å². The molecule has 150 heavy (non-hydrogen) atoms. The van der Waals surface area contributed by atoms with Gasteiger partial charge in [-0.2, -0.15) is 0 Å². The van der Waals surface area contributed by atoms with Crippen LogP contribution in [0.1, 0.15) is 144 Å². The zero-order valence-corrected chi connectivity index (χ0v) is 83.6. The summed E-state index contributed by atoms with van der Waals surface area (Å²) >= 11 is 0. The summed E-state index contributed by atoms with van der Waals surface area (Å²) in [6, 6.07) is 68.1. The molecular formula is C120H120O30. The lowest BCUT2D eigenvalue weighted by Gasteiger charge is -2.07. The van der Waals surface area contributed by atoms with E-state index in [-0.39, 0.29) is 196 Å². The van der Waals surface area contributed by atoms with Crippen molar-refractivity contribution in [2.75, 3.05) is 42.7 Å². The highest BCUT2D eigenvalue weighted by Gasteiger charge is 2.18. The van der Waals surface area contributed by atoms with Crippen LogP contribution in [0.25, 0.3) is 36.5 Å². The highest BCUT2D eigenvalue weighted by Crippen LogP contribution is 2.34. The molecule has 0 radical (unpaired) electrons. The number of phenols is 12. The Morgan fingerprint density at radius 3 is 0.513 bits per heavy atom. The Kier molecular flexibility index (Phi) is 50.2. The molecule has 0 saturated carbocycles. The molecule has 0 aromatic heterocycles. The van der Waals surface area contributed by atoms with Gasteiger partial charge in [-0.1, -0.05) is 146 Å². The first kappa shape index (κ1) is 118. The number of methoxy groups -OCH3 is 6. The van der Waals surface area contributed by atoms with Crippen LogP contribution in [0.2, 0.25) is 0 Å². The first-order valence-electron chi connectivity index (χ1n) is 47.1. The number of Topliss-reactive ketones (excluding diaryl/α,β-unsaturated/α-hetero) is 6. The number of hydrogen-bond acceptors (Lipinski definition) is 30. The van der Waals surface area contributed by atoms with Crippen molar-refractivity contribution in [1.82, 2.24) is 0 Å². The van der Waals surface area contributed by atoms with Gasteiger partial charge < -0.3 is 89.7 Å². The second-order valence-corrected chi connectivity index (χ2v) is 33.7. The monoisotopic (exact) mass is 2040 g/mol. The average Bonchev–Trinajstić information content (AvgIpc) is 0.880. The summed E-state index contributed by atoms with van der Waals surface area (Å²) in [7, 11) is 8.70. The number of phenolic OH excluding ortho intramolecular Hbond substituents is 12. The van der Waals surface area contributed by atoms with Crippen LogP contribution in [0.3, 0.4) is 0 Å². The molecule has 0 aliphatic rings. The molecule has 12 aromatic rings. The molecule has 0 saturated heterocycles. The molecule has 0 atom stereocenters. The standard InChI is InChI=1S/C21H24O6.C21H20O6.C20H22O5.C20H18O5.C19H20O4.C19H16O4/c2*1-26-20-11-14(5-9-18(20)24)3-7-16(22)13-17(23)8-4-15-6-10-19(25)21(12-15)27-2;2*1-25-20-12-15(6-11-19(20)24)5-10-18(23)13-17(22)9-4-14-2-7-16(21)8-3-14;2*20-16-7-1-14(2-8-16)5-11-18(22)13-19(23)12-6-15-3-9-17(21)10-4-15/h5-6,9-12,24-25H,3-4,7-8,13H2,1-2H3;3-12,24-25H,13H2,1-2H3;2-3,6-8,11-12,21,24H,4-5,9-10,13H2,1H3;2-12,21,24H,13H2,1H3;1-4,7-10,20-21H,5-6,11-13H2;1-12,20-21H,13H2/b;7-3-,8-4+;;9-4+,10-5-;;11-5-,12-6+. The van der Waals surface area contributed by atoms with Gasteiger partial charge in [0.15, 0.2) is 104 Å². The van der Waals surface area contributed by atoms with E-state index >= 15 is 0 Å². The number of aryl methyl sites for hydroxylation is 6. The minimum absolute atomic E-state index is 0.00662. The predicted octanol–water partition coefficient (Wildman–Crippen LogP) is 19.7. The van der Waals surface area contributed by atoms with Crippen molar-refractivity contribution in [3.8, 4) is 103 Å². The summed E-state index contributed by atoms with van der Waals surface area (Å²) in [4.78, 5) is 143. The highest BCUT2D eigenvalue weighted by molar-refractivity contribution is 6.13.